The number of nitrogens with two attached hydrogens (primary N) is 2. The van der Waals surface area contributed by atoms with Crippen molar-refractivity contribution in [3.05, 3.63) is 59.4 Å². The van der Waals surface area contributed by atoms with Crippen LogP contribution in [-0.4, -0.2) is 11.8 Å². The zero-order valence-electron chi connectivity index (χ0n) is 15.2. The number of amidine groups is 1. The molecule has 138 valence electrons. The summed E-state index contributed by atoms with van der Waals surface area (Å²) in [6.45, 7) is 3.76. The van der Waals surface area contributed by atoms with Gasteiger partial charge < -0.3 is 16.8 Å². The van der Waals surface area contributed by atoms with E-state index in [2.05, 4.69) is 28.3 Å². The van der Waals surface area contributed by atoms with Gasteiger partial charge in [-0.3, -0.25) is 0 Å². The van der Waals surface area contributed by atoms with Crippen LogP contribution in [0.3, 0.4) is 0 Å². The Balaban J connectivity index is 1.75. The van der Waals surface area contributed by atoms with Gasteiger partial charge in [-0.1, -0.05) is 13.0 Å². The Hall–Kier alpha value is -3.24. The lowest BCUT2D eigenvalue weighted by Crippen LogP contribution is -2.25. The molecular formula is C20H21FN6. The van der Waals surface area contributed by atoms with E-state index in [1.165, 1.54) is 12.1 Å². The van der Waals surface area contributed by atoms with Crippen LogP contribution in [-0.2, 0) is 5.54 Å². The number of nitrogens with zero attached hydrogens (tertiary/aromatic N) is 3. The highest BCUT2D eigenvalue weighted by Gasteiger charge is 2.50. The van der Waals surface area contributed by atoms with Gasteiger partial charge in [-0.25, -0.2) is 14.4 Å². The third-order valence-electron chi connectivity index (χ3n) is 4.68. The second-order valence-electron chi connectivity index (χ2n) is 6.78. The summed E-state index contributed by atoms with van der Waals surface area (Å²) in [4.78, 5) is 8.43. The van der Waals surface area contributed by atoms with Crippen LogP contribution in [0.2, 0.25) is 0 Å². The van der Waals surface area contributed by atoms with E-state index >= 15 is 0 Å². The Morgan fingerprint density at radius 1 is 1.30 bits per heavy atom. The summed E-state index contributed by atoms with van der Waals surface area (Å²) >= 11 is 0. The van der Waals surface area contributed by atoms with Crippen molar-refractivity contribution < 1.29 is 4.39 Å². The van der Waals surface area contributed by atoms with Crippen LogP contribution in [0.5, 0.6) is 0 Å². The average Bonchev–Trinajstić information content (AvgIpc) is 3.24. The van der Waals surface area contributed by atoms with Crippen LogP contribution in [0, 0.1) is 23.1 Å². The monoisotopic (exact) mass is 364 g/mol. The first kappa shape index (κ1) is 18.5. The predicted molar refractivity (Wildman–Crippen MR) is 105 cm³/mol. The predicted octanol–water partition coefficient (Wildman–Crippen LogP) is 3.37. The van der Waals surface area contributed by atoms with Crippen molar-refractivity contribution in [3.63, 3.8) is 0 Å². The summed E-state index contributed by atoms with van der Waals surface area (Å²) in [5.74, 6) is 0.585. The van der Waals surface area contributed by atoms with Crippen molar-refractivity contribution in [2.24, 2.45) is 27.4 Å². The maximum atomic E-state index is 12.9. The Kier molecular flexibility index (Phi) is 4.93. The molecule has 0 radical (unpaired) electrons. The molecule has 6 nitrogen and oxygen atoms in total. The van der Waals surface area contributed by atoms with Gasteiger partial charge in [0.2, 0.25) is 0 Å². The molecule has 0 amide bonds. The smallest absolute Gasteiger partial charge is 0.199 e. The molecule has 1 saturated carbocycles. The SMILES string of the molecule is CC(=Nc1ccc(F)cc1)N=C(N)Nc1ccc(C2(N)CC2C)c(C#N)c1. The van der Waals surface area contributed by atoms with E-state index in [0.717, 1.165) is 12.0 Å². The van der Waals surface area contributed by atoms with E-state index in [-0.39, 0.29) is 11.8 Å². The van der Waals surface area contributed by atoms with Gasteiger partial charge in [0, 0.05) is 11.2 Å². The van der Waals surface area contributed by atoms with Crippen molar-refractivity contribution in [2.45, 2.75) is 25.8 Å². The zero-order chi connectivity index (χ0) is 19.6. The highest BCUT2D eigenvalue weighted by atomic mass is 19.1. The number of hydrogen-bond acceptors (Lipinski definition) is 3. The molecule has 0 spiro atoms. The molecule has 7 heteroatoms. The number of nitrogens with one attached hydrogen (secondary N) is 1. The largest absolute Gasteiger partial charge is 0.369 e. The fourth-order valence-electron chi connectivity index (χ4n) is 3.02. The van der Waals surface area contributed by atoms with Crippen LogP contribution in [0.15, 0.2) is 52.4 Å². The summed E-state index contributed by atoms with van der Waals surface area (Å²) < 4.78 is 12.9. The lowest BCUT2D eigenvalue weighted by molar-refractivity contribution is 0.628. The number of benzene rings is 2. The Labute approximate surface area is 157 Å². The molecular weight excluding hydrogens is 343 g/mol. The van der Waals surface area contributed by atoms with Gasteiger partial charge >= 0.3 is 0 Å². The summed E-state index contributed by atoms with van der Waals surface area (Å²) in [7, 11) is 0. The van der Waals surface area contributed by atoms with Gasteiger partial charge in [-0.2, -0.15) is 5.26 Å². The first-order valence-electron chi connectivity index (χ1n) is 8.57. The molecule has 5 N–H and O–H groups in total. The van der Waals surface area contributed by atoms with E-state index in [4.69, 9.17) is 11.5 Å². The van der Waals surface area contributed by atoms with Crippen molar-refractivity contribution in [3.8, 4) is 6.07 Å². The Morgan fingerprint density at radius 2 is 1.96 bits per heavy atom. The summed E-state index contributed by atoms with van der Waals surface area (Å²) in [6.07, 6.45) is 0.872. The Morgan fingerprint density at radius 3 is 2.56 bits per heavy atom. The van der Waals surface area contributed by atoms with Crippen LogP contribution in [0.4, 0.5) is 15.8 Å². The normalized spacial score (nSPS) is 22.3. The molecule has 3 rings (SSSR count). The molecule has 2 atom stereocenters. The molecule has 0 aliphatic heterocycles. The molecule has 2 unspecified atom stereocenters. The van der Waals surface area contributed by atoms with Crippen LogP contribution < -0.4 is 16.8 Å². The minimum absolute atomic E-state index is 0.136. The molecule has 1 fully saturated rings. The van der Waals surface area contributed by atoms with Crippen molar-refractivity contribution in [1.82, 2.24) is 0 Å². The van der Waals surface area contributed by atoms with Gasteiger partial charge in [0.25, 0.3) is 0 Å². The van der Waals surface area contributed by atoms with E-state index < -0.39 is 5.54 Å². The number of guanidine groups is 1. The van der Waals surface area contributed by atoms with E-state index in [1.807, 2.05) is 12.1 Å². The van der Waals surface area contributed by atoms with Crippen LogP contribution in [0.1, 0.15) is 31.4 Å². The number of hydrogen-bond donors (Lipinski definition) is 3. The second kappa shape index (κ2) is 7.17. The third kappa shape index (κ3) is 4.13. The number of anilines is 1. The highest BCUT2D eigenvalue weighted by Crippen LogP contribution is 2.50. The van der Waals surface area contributed by atoms with Gasteiger partial charge in [0.15, 0.2) is 5.96 Å². The van der Waals surface area contributed by atoms with Crippen molar-refractivity contribution in [2.75, 3.05) is 5.32 Å². The fraction of sp³-hybridized carbons (Fsp3) is 0.250. The molecule has 1 aliphatic carbocycles. The Bertz CT molecular complexity index is 957. The number of nitriles is 1. The maximum absolute atomic E-state index is 12.9. The summed E-state index contributed by atoms with van der Waals surface area (Å²) in [6, 6.07) is 13.4. The topological polar surface area (TPSA) is 113 Å². The molecule has 0 saturated heterocycles. The zero-order valence-corrected chi connectivity index (χ0v) is 15.2. The quantitative estimate of drug-likeness (QED) is 0.572. The van der Waals surface area contributed by atoms with Crippen molar-refractivity contribution >= 4 is 23.2 Å². The number of aliphatic imine (C=N–C) groups is 2. The van der Waals surface area contributed by atoms with E-state index in [0.29, 0.717) is 28.7 Å². The van der Waals surface area contributed by atoms with Gasteiger partial charge in [0.05, 0.1) is 17.3 Å². The van der Waals surface area contributed by atoms with E-state index in [9.17, 15) is 9.65 Å². The molecule has 27 heavy (non-hydrogen) atoms. The summed E-state index contributed by atoms with van der Waals surface area (Å²) in [5, 5.41) is 12.4. The number of halogens is 1. The fourth-order valence-corrected chi connectivity index (χ4v) is 3.02. The first-order valence-corrected chi connectivity index (χ1v) is 8.57. The molecule has 0 aromatic heterocycles. The standard InChI is InChI=1S/C20H21FN6/c1-12-10-20(12,24)18-8-7-17(9-14(18)11-22)27-19(23)26-13(2)25-16-5-3-15(21)4-6-16/h3-9,12H,10,24H2,1-2H3,(H3,23,25,26,27). The molecule has 0 bridgehead atoms. The minimum Gasteiger partial charge on any atom is -0.369 e. The molecule has 2 aromatic carbocycles. The third-order valence-corrected chi connectivity index (χ3v) is 4.68. The summed E-state index contributed by atoms with van der Waals surface area (Å²) in [5.41, 5.74) is 14.4. The van der Waals surface area contributed by atoms with Crippen molar-refractivity contribution in [1.29, 1.82) is 5.26 Å². The van der Waals surface area contributed by atoms with Crippen LogP contribution >= 0.6 is 0 Å². The average molecular weight is 364 g/mol. The second-order valence-corrected chi connectivity index (χ2v) is 6.78. The van der Waals surface area contributed by atoms with E-state index in [1.54, 1.807) is 25.1 Å². The maximum Gasteiger partial charge on any atom is 0.199 e. The van der Waals surface area contributed by atoms with Gasteiger partial charge in [-0.15, -0.1) is 0 Å². The molecule has 1 aliphatic rings. The molecule has 0 heterocycles. The number of rotatable bonds is 3. The lowest BCUT2D eigenvalue weighted by atomic mass is 9.97. The lowest BCUT2D eigenvalue weighted by Gasteiger charge is -2.14. The minimum atomic E-state index is -0.415. The van der Waals surface area contributed by atoms with Crippen LogP contribution in [0.25, 0.3) is 0 Å². The molecule has 2 aromatic rings. The van der Waals surface area contributed by atoms with Gasteiger partial charge in [-0.05, 0) is 61.2 Å². The highest BCUT2D eigenvalue weighted by molar-refractivity contribution is 6.01. The van der Waals surface area contributed by atoms with Gasteiger partial charge in [0.1, 0.15) is 11.7 Å². The first-order chi connectivity index (χ1) is 12.8.